The first-order chi connectivity index (χ1) is 5.27. The number of nitrogens with two attached hydrogens (primary N) is 1. The van der Waals surface area contributed by atoms with Crippen LogP contribution in [0.4, 0.5) is 4.79 Å². The minimum atomic E-state index is -0.228. The van der Waals surface area contributed by atoms with Crippen LogP contribution in [0.1, 0.15) is 13.3 Å². The molecule has 1 atom stereocenters. The van der Waals surface area contributed by atoms with Crippen LogP contribution in [0.3, 0.4) is 0 Å². The molecular weight excluding hydrogens is 144 g/mol. The van der Waals surface area contributed by atoms with Gasteiger partial charge in [0, 0.05) is 26.1 Å². The summed E-state index contributed by atoms with van der Waals surface area (Å²) in [5, 5.41) is 0. The molecular formula is C7H14N2O2. The van der Waals surface area contributed by atoms with Gasteiger partial charge in [0.25, 0.3) is 0 Å². The van der Waals surface area contributed by atoms with Gasteiger partial charge in [-0.2, -0.15) is 0 Å². The maximum absolute atomic E-state index is 11.0. The second-order valence-electron chi connectivity index (χ2n) is 2.61. The second kappa shape index (κ2) is 3.57. The van der Waals surface area contributed by atoms with E-state index >= 15 is 0 Å². The van der Waals surface area contributed by atoms with Gasteiger partial charge >= 0.3 is 6.09 Å². The normalized spacial score (nSPS) is 25.1. The van der Waals surface area contributed by atoms with Crippen LogP contribution < -0.4 is 5.73 Å². The largest absolute Gasteiger partial charge is 0.445 e. The molecule has 0 aromatic rings. The number of nitrogens with zero attached hydrogens (tertiary/aromatic N) is 1. The molecule has 4 heteroatoms. The fourth-order valence-electron chi connectivity index (χ4n) is 1.12. The van der Waals surface area contributed by atoms with E-state index in [1.807, 2.05) is 6.92 Å². The number of hydrogen-bond donors (Lipinski definition) is 1. The van der Waals surface area contributed by atoms with Crippen molar-refractivity contribution in [3.8, 4) is 0 Å². The van der Waals surface area contributed by atoms with Crippen molar-refractivity contribution in [2.45, 2.75) is 19.4 Å². The molecule has 1 fully saturated rings. The van der Waals surface area contributed by atoms with E-state index in [0.717, 1.165) is 19.5 Å². The first-order valence-electron chi connectivity index (χ1n) is 3.93. The fraction of sp³-hybridized carbons (Fsp3) is 0.857. The lowest BCUT2D eigenvalue weighted by atomic mass is 10.2. The summed E-state index contributed by atoms with van der Waals surface area (Å²) in [7, 11) is 0. The van der Waals surface area contributed by atoms with Crippen LogP contribution in [0, 0.1) is 0 Å². The summed E-state index contributed by atoms with van der Waals surface area (Å²) >= 11 is 0. The van der Waals surface area contributed by atoms with Crippen molar-refractivity contribution in [1.82, 2.24) is 4.90 Å². The summed E-state index contributed by atoms with van der Waals surface area (Å²) in [6, 6.07) is 0. The molecule has 0 saturated carbocycles. The Morgan fingerprint density at radius 3 is 3.00 bits per heavy atom. The molecule has 0 spiro atoms. The lowest BCUT2D eigenvalue weighted by Gasteiger charge is -2.30. The molecule has 0 radical (unpaired) electrons. The highest BCUT2D eigenvalue weighted by Crippen LogP contribution is 2.09. The third-order valence-corrected chi connectivity index (χ3v) is 1.89. The van der Waals surface area contributed by atoms with Gasteiger partial charge in [0.05, 0.1) is 0 Å². The number of amides is 1. The number of carbonyl (C=O) groups excluding carboxylic acids is 1. The van der Waals surface area contributed by atoms with Gasteiger partial charge in [-0.1, -0.05) is 0 Å². The summed E-state index contributed by atoms with van der Waals surface area (Å²) < 4.78 is 5.00. The van der Waals surface area contributed by atoms with Crippen molar-refractivity contribution in [1.29, 1.82) is 0 Å². The molecule has 1 saturated heterocycles. The third kappa shape index (κ3) is 1.83. The van der Waals surface area contributed by atoms with Crippen molar-refractivity contribution in [3.63, 3.8) is 0 Å². The summed E-state index contributed by atoms with van der Waals surface area (Å²) in [5.74, 6) is 0. The van der Waals surface area contributed by atoms with E-state index in [1.54, 1.807) is 4.90 Å². The van der Waals surface area contributed by atoms with E-state index in [9.17, 15) is 4.79 Å². The number of ether oxygens (including phenoxy) is 1. The summed E-state index contributed by atoms with van der Waals surface area (Å²) in [4.78, 5) is 12.7. The lowest BCUT2D eigenvalue weighted by molar-refractivity contribution is 0.0308. The molecule has 0 aromatic carbocycles. The van der Waals surface area contributed by atoms with Crippen molar-refractivity contribution in [2.75, 3.05) is 19.6 Å². The molecule has 1 amide bonds. The number of carbonyl (C=O) groups is 1. The lowest BCUT2D eigenvalue weighted by Crippen LogP contribution is -2.44. The Balaban J connectivity index is 2.41. The van der Waals surface area contributed by atoms with E-state index in [1.165, 1.54) is 0 Å². The van der Waals surface area contributed by atoms with Gasteiger partial charge < -0.3 is 15.4 Å². The Labute approximate surface area is 66.3 Å². The van der Waals surface area contributed by atoms with Crippen LogP contribution in [0.2, 0.25) is 0 Å². The second-order valence-corrected chi connectivity index (χ2v) is 2.61. The highest BCUT2D eigenvalue weighted by Gasteiger charge is 2.24. The van der Waals surface area contributed by atoms with Crippen molar-refractivity contribution in [3.05, 3.63) is 0 Å². The number of hydrogen-bond acceptors (Lipinski definition) is 3. The maximum Gasteiger partial charge on any atom is 0.410 e. The Bertz CT molecular complexity index is 149. The van der Waals surface area contributed by atoms with Crippen LogP contribution in [-0.2, 0) is 4.74 Å². The Morgan fingerprint density at radius 2 is 2.55 bits per heavy atom. The molecule has 2 N–H and O–H groups in total. The van der Waals surface area contributed by atoms with Gasteiger partial charge in [-0.25, -0.2) is 4.79 Å². The van der Waals surface area contributed by atoms with Crippen LogP contribution in [0.15, 0.2) is 0 Å². The summed E-state index contributed by atoms with van der Waals surface area (Å²) in [5.41, 5.74) is 5.36. The van der Waals surface area contributed by atoms with Crippen molar-refractivity contribution in [2.24, 2.45) is 5.73 Å². The number of cyclic esters (lactones) is 1. The first kappa shape index (κ1) is 8.33. The molecule has 64 valence electrons. The van der Waals surface area contributed by atoms with Gasteiger partial charge in [-0.15, -0.1) is 0 Å². The molecule has 1 unspecified atom stereocenters. The van der Waals surface area contributed by atoms with Gasteiger partial charge in [-0.3, -0.25) is 0 Å². The predicted molar refractivity (Wildman–Crippen MR) is 41.2 cm³/mol. The van der Waals surface area contributed by atoms with Crippen LogP contribution in [0.5, 0.6) is 0 Å². The molecule has 4 nitrogen and oxygen atoms in total. The third-order valence-electron chi connectivity index (χ3n) is 1.89. The van der Waals surface area contributed by atoms with E-state index in [0.29, 0.717) is 6.54 Å². The summed E-state index contributed by atoms with van der Waals surface area (Å²) in [6.45, 7) is 3.86. The highest BCUT2D eigenvalue weighted by molar-refractivity contribution is 5.68. The average molecular weight is 158 g/mol. The zero-order valence-electron chi connectivity index (χ0n) is 6.75. The molecule has 0 aliphatic carbocycles. The first-order valence-corrected chi connectivity index (χ1v) is 3.93. The minimum Gasteiger partial charge on any atom is -0.445 e. The monoisotopic (exact) mass is 158 g/mol. The average Bonchev–Trinajstić information content (AvgIpc) is 2.04. The zero-order valence-corrected chi connectivity index (χ0v) is 6.75. The van der Waals surface area contributed by atoms with E-state index in [2.05, 4.69) is 0 Å². The van der Waals surface area contributed by atoms with E-state index in [-0.39, 0.29) is 12.2 Å². The van der Waals surface area contributed by atoms with Gasteiger partial charge in [-0.05, 0) is 6.92 Å². The predicted octanol–water partition coefficient (Wildman–Crippen LogP) is 0.176. The highest BCUT2D eigenvalue weighted by atomic mass is 16.6. The van der Waals surface area contributed by atoms with Crippen LogP contribution in [-0.4, -0.2) is 36.7 Å². The number of rotatable bonds is 2. The Kier molecular flexibility index (Phi) is 2.70. The Morgan fingerprint density at radius 1 is 1.82 bits per heavy atom. The fourth-order valence-corrected chi connectivity index (χ4v) is 1.12. The molecule has 1 aliphatic heterocycles. The minimum absolute atomic E-state index is 0.0645. The standard InChI is InChI=1S/C7H14N2O2/c1-2-9-4-3-6(5-8)11-7(9)10/h6H,2-5,8H2,1H3. The van der Waals surface area contributed by atoms with Crippen molar-refractivity contribution < 1.29 is 9.53 Å². The van der Waals surface area contributed by atoms with Crippen LogP contribution >= 0.6 is 0 Å². The quantitative estimate of drug-likeness (QED) is 0.623. The van der Waals surface area contributed by atoms with Crippen molar-refractivity contribution >= 4 is 6.09 Å². The van der Waals surface area contributed by atoms with Crippen LogP contribution in [0.25, 0.3) is 0 Å². The SMILES string of the molecule is CCN1CCC(CN)OC1=O. The van der Waals surface area contributed by atoms with E-state index < -0.39 is 0 Å². The molecule has 0 aromatic heterocycles. The smallest absolute Gasteiger partial charge is 0.410 e. The molecule has 0 bridgehead atoms. The summed E-state index contributed by atoms with van der Waals surface area (Å²) in [6.07, 6.45) is 0.565. The van der Waals surface area contributed by atoms with Gasteiger partial charge in [0.15, 0.2) is 0 Å². The van der Waals surface area contributed by atoms with Gasteiger partial charge in [0.1, 0.15) is 6.10 Å². The molecule has 11 heavy (non-hydrogen) atoms. The zero-order chi connectivity index (χ0) is 8.27. The molecule has 1 aliphatic rings. The van der Waals surface area contributed by atoms with Gasteiger partial charge in [0.2, 0.25) is 0 Å². The Hall–Kier alpha value is -0.770. The van der Waals surface area contributed by atoms with E-state index in [4.69, 9.17) is 10.5 Å². The molecule has 1 heterocycles. The maximum atomic E-state index is 11.0. The molecule has 1 rings (SSSR count). The topological polar surface area (TPSA) is 55.6 Å².